The van der Waals surface area contributed by atoms with Crippen molar-refractivity contribution in [2.75, 3.05) is 5.73 Å². The zero-order valence-electron chi connectivity index (χ0n) is 10.1. The van der Waals surface area contributed by atoms with E-state index in [0.717, 1.165) is 35.5 Å². The Morgan fingerprint density at radius 2 is 2.12 bits per heavy atom. The third-order valence-corrected chi connectivity index (χ3v) is 2.74. The molecule has 2 heterocycles. The fraction of sp³-hybridized carbons (Fsp3) is 0.308. The zero-order valence-corrected chi connectivity index (χ0v) is 10.1. The molecule has 0 aliphatic heterocycles. The number of rotatable bonds is 3. The molecule has 2 N–H and O–H groups in total. The van der Waals surface area contributed by atoms with E-state index in [2.05, 4.69) is 15.0 Å². The van der Waals surface area contributed by atoms with E-state index in [9.17, 15) is 0 Å². The van der Waals surface area contributed by atoms with Gasteiger partial charge in [0.1, 0.15) is 11.6 Å². The lowest BCUT2D eigenvalue weighted by Gasteiger charge is -2.09. The van der Waals surface area contributed by atoms with Gasteiger partial charge in [-0.25, -0.2) is 9.97 Å². The van der Waals surface area contributed by atoms with Gasteiger partial charge in [-0.1, -0.05) is 13.0 Å². The number of nitrogen functional groups attached to an aromatic ring is 1. The summed E-state index contributed by atoms with van der Waals surface area (Å²) < 4.78 is 0. The highest BCUT2D eigenvalue weighted by Crippen LogP contribution is 2.16. The predicted molar refractivity (Wildman–Crippen MR) is 67.6 cm³/mol. The van der Waals surface area contributed by atoms with Crippen LogP contribution in [0, 0.1) is 6.92 Å². The van der Waals surface area contributed by atoms with E-state index < -0.39 is 0 Å². The Morgan fingerprint density at radius 3 is 2.76 bits per heavy atom. The van der Waals surface area contributed by atoms with Crippen LogP contribution >= 0.6 is 0 Å². The van der Waals surface area contributed by atoms with Crippen LogP contribution in [0.15, 0.2) is 24.5 Å². The summed E-state index contributed by atoms with van der Waals surface area (Å²) >= 11 is 0. The Balaban J connectivity index is 2.35. The van der Waals surface area contributed by atoms with Crippen molar-refractivity contribution in [3.63, 3.8) is 0 Å². The molecule has 0 aliphatic carbocycles. The van der Waals surface area contributed by atoms with Crippen molar-refractivity contribution in [1.29, 1.82) is 0 Å². The maximum atomic E-state index is 5.88. The van der Waals surface area contributed by atoms with Gasteiger partial charge in [0.25, 0.3) is 0 Å². The van der Waals surface area contributed by atoms with Crippen LogP contribution in [0.2, 0.25) is 0 Å². The van der Waals surface area contributed by atoms with Gasteiger partial charge in [-0.2, -0.15) is 0 Å². The minimum Gasteiger partial charge on any atom is -0.383 e. The van der Waals surface area contributed by atoms with E-state index in [-0.39, 0.29) is 0 Å². The second-order valence-electron chi connectivity index (χ2n) is 3.99. The Labute approximate surface area is 101 Å². The van der Waals surface area contributed by atoms with Gasteiger partial charge in [-0.05, 0) is 18.6 Å². The van der Waals surface area contributed by atoms with E-state index in [4.69, 9.17) is 5.73 Å². The SMILES string of the molecule is CCc1nc(N)c(C)c(Cc2cccnc2)n1. The van der Waals surface area contributed by atoms with Crippen molar-refractivity contribution in [3.8, 4) is 0 Å². The van der Waals surface area contributed by atoms with Crippen LogP contribution in [-0.2, 0) is 12.8 Å². The minimum atomic E-state index is 0.579. The first-order valence-corrected chi connectivity index (χ1v) is 5.71. The molecule has 0 radical (unpaired) electrons. The molecule has 2 aromatic heterocycles. The van der Waals surface area contributed by atoms with Crippen LogP contribution in [0.4, 0.5) is 5.82 Å². The molecular weight excluding hydrogens is 212 g/mol. The van der Waals surface area contributed by atoms with Crippen molar-refractivity contribution < 1.29 is 0 Å². The lowest BCUT2D eigenvalue weighted by molar-refractivity contribution is 0.887. The molecule has 0 atom stereocenters. The van der Waals surface area contributed by atoms with Crippen LogP contribution in [0.3, 0.4) is 0 Å². The molecule has 0 amide bonds. The number of nitrogens with zero attached hydrogens (tertiary/aromatic N) is 3. The number of aryl methyl sites for hydroxylation is 1. The fourth-order valence-corrected chi connectivity index (χ4v) is 1.66. The number of nitrogens with two attached hydrogens (primary N) is 1. The second kappa shape index (κ2) is 4.91. The maximum absolute atomic E-state index is 5.88. The van der Waals surface area contributed by atoms with Crippen molar-refractivity contribution in [2.24, 2.45) is 0 Å². The number of anilines is 1. The normalized spacial score (nSPS) is 10.5. The quantitative estimate of drug-likeness (QED) is 0.871. The van der Waals surface area contributed by atoms with Crippen LogP contribution in [0.5, 0.6) is 0 Å². The highest BCUT2D eigenvalue weighted by Gasteiger charge is 2.08. The Kier molecular flexibility index (Phi) is 3.32. The van der Waals surface area contributed by atoms with Crippen LogP contribution in [0.25, 0.3) is 0 Å². The Hall–Kier alpha value is -1.97. The first-order valence-electron chi connectivity index (χ1n) is 5.71. The molecule has 88 valence electrons. The molecule has 0 saturated carbocycles. The molecule has 0 fully saturated rings. The average molecular weight is 228 g/mol. The van der Waals surface area contributed by atoms with E-state index in [1.807, 2.05) is 32.2 Å². The maximum Gasteiger partial charge on any atom is 0.130 e. The molecule has 2 rings (SSSR count). The largest absolute Gasteiger partial charge is 0.383 e. The molecule has 0 spiro atoms. The summed E-state index contributed by atoms with van der Waals surface area (Å²) in [5.74, 6) is 1.38. The average Bonchev–Trinajstić information content (AvgIpc) is 2.36. The summed E-state index contributed by atoms with van der Waals surface area (Å²) in [5, 5.41) is 0. The van der Waals surface area contributed by atoms with Crippen LogP contribution < -0.4 is 5.73 Å². The van der Waals surface area contributed by atoms with Gasteiger partial charge >= 0.3 is 0 Å². The van der Waals surface area contributed by atoms with Gasteiger partial charge in [-0.3, -0.25) is 4.98 Å². The number of pyridine rings is 1. The standard InChI is InChI=1S/C13H16N4/c1-3-12-16-11(9(2)13(14)17-12)7-10-5-4-6-15-8-10/h4-6,8H,3,7H2,1-2H3,(H2,14,16,17). The summed E-state index contributed by atoms with van der Waals surface area (Å²) in [6, 6.07) is 3.96. The first-order chi connectivity index (χ1) is 8.20. The highest BCUT2D eigenvalue weighted by atomic mass is 14.9. The Morgan fingerprint density at radius 1 is 1.29 bits per heavy atom. The molecule has 2 aromatic rings. The van der Waals surface area contributed by atoms with E-state index in [1.54, 1.807) is 6.20 Å². The summed E-state index contributed by atoms with van der Waals surface area (Å²) in [7, 11) is 0. The first kappa shape index (κ1) is 11.5. The van der Waals surface area contributed by atoms with Crippen LogP contribution in [-0.4, -0.2) is 15.0 Å². The molecule has 4 heteroatoms. The van der Waals surface area contributed by atoms with Gasteiger partial charge in [0.2, 0.25) is 0 Å². The fourth-order valence-electron chi connectivity index (χ4n) is 1.66. The molecule has 17 heavy (non-hydrogen) atoms. The van der Waals surface area contributed by atoms with Gasteiger partial charge in [0.05, 0.1) is 5.69 Å². The van der Waals surface area contributed by atoms with Gasteiger partial charge in [0.15, 0.2) is 0 Å². The second-order valence-corrected chi connectivity index (χ2v) is 3.99. The zero-order chi connectivity index (χ0) is 12.3. The Bertz CT molecular complexity index is 508. The van der Waals surface area contributed by atoms with E-state index in [1.165, 1.54) is 0 Å². The predicted octanol–water partition coefficient (Wildman–Crippen LogP) is 1.92. The molecule has 0 bridgehead atoms. The third kappa shape index (κ3) is 2.58. The molecule has 0 saturated heterocycles. The summed E-state index contributed by atoms with van der Waals surface area (Å²) in [4.78, 5) is 12.9. The number of aromatic nitrogens is 3. The van der Waals surface area contributed by atoms with Crippen LogP contribution in [0.1, 0.15) is 29.6 Å². The monoisotopic (exact) mass is 228 g/mol. The van der Waals surface area contributed by atoms with Gasteiger partial charge < -0.3 is 5.73 Å². The number of hydrogen-bond donors (Lipinski definition) is 1. The molecular formula is C13H16N4. The van der Waals surface area contributed by atoms with Gasteiger partial charge in [-0.15, -0.1) is 0 Å². The van der Waals surface area contributed by atoms with Crippen molar-refractivity contribution in [2.45, 2.75) is 26.7 Å². The van der Waals surface area contributed by atoms with E-state index >= 15 is 0 Å². The third-order valence-electron chi connectivity index (χ3n) is 2.74. The lowest BCUT2D eigenvalue weighted by atomic mass is 10.1. The smallest absolute Gasteiger partial charge is 0.130 e. The summed E-state index contributed by atoms with van der Waals surface area (Å²) in [6.45, 7) is 3.98. The molecule has 0 unspecified atom stereocenters. The lowest BCUT2D eigenvalue weighted by Crippen LogP contribution is -2.07. The number of hydrogen-bond acceptors (Lipinski definition) is 4. The van der Waals surface area contributed by atoms with Gasteiger partial charge in [0, 0.05) is 30.8 Å². The van der Waals surface area contributed by atoms with Crippen molar-refractivity contribution in [1.82, 2.24) is 15.0 Å². The highest BCUT2D eigenvalue weighted by molar-refractivity contribution is 5.42. The van der Waals surface area contributed by atoms with E-state index in [0.29, 0.717) is 5.82 Å². The van der Waals surface area contributed by atoms with Crippen molar-refractivity contribution in [3.05, 3.63) is 47.2 Å². The minimum absolute atomic E-state index is 0.579. The molecule has 0 aromatic carbocycles. The topological polar surface area (TPSA) is 64.7 Å². The molecule has 0 aliphatic rings. The van der Waals surface area contributed by atoms with Crippen molar-refractivity contribution >= 4 is 5.82 Å². The molecule has 4 nitrogen and oxygen atoms in total. The summed E-state index contributed by atoms with van der Waals surface area (Å²) in [5.41, 5.74) is 8.97. The summed E-state index contributed by atoms with van der Waals surface area (Å²) in [6.07, 6.45) is 5.16.